The fourth-order valence-electron chi connectivity index (χ4n) is 2.54. The molecule has 1 aromatic carbocycles. The molecule has 1 N–H and O–H groups in total. The van der Waals surface area contributed by atoms with Crippen molar-refractivity contribution in [3.8, 4) is 5.75 Å². The van der Waals surface area contributed by atoms with Crippen LogP contribution in [0.15, 0.2) is 47.4 Å². The number of hydrogen-bond donors (Lipinski definition) is 1. The number of carboxylic acid groups (broad SMARTS) is 1. The summed E-state index contributed by atoms with van der Waals surface area (Å²) in [4.78, 5) is 11.9. The van der Waals surface area contributed by atoms with Crippen LogP contribution in [0, 0.1) is 0 Å². The Hall–Kier alpha value is -2.28. The van der Waals surface area contributed by atoms with E-state index >= 15 is 0 Å². The zero-order valence-electron chi connectivity index (χ0n) is 11.6. The highest BCUT2D eigenvalue weighted by Crippen LogP contribution is 2.47. The first-order valence-corrected chi connectivity index (χ1v) is 7.54. The van der Waals surface area contributed by atoms with Crippen molar-refractivity contribution in [1.82, 2.24) is 0 Å². The molecule has 23 heavy (non-hydrogen) atoms. The molecule has 0 saturated heterocycles. The number of alkyl halides is 3. The monoisotopic (exact) mass is 340 g/mol. The first-order valence-electron chi connectivity index (χ1n) is 6.66. The Kier molecular flexibility index (Phi) is 3.68. The van der Waals surface area contributed by atoms with E-state index in [9.17, 15) is 23.1 Å². The van der Waals surface area contributed by atoms with Gasteiger partial charge >= 0.3 is 12.1 Å². The normalized spacial score (nSPS) is 20.4. The van der Waals surface area contributed by atoms with Crippen LogP contribution in [0.25, 0.3) is 6.08 Å². The van der Waals surface area contributed by atoms with Gasteiger partial charge in [0.25, 0.3) is 0 Å². The Labute approximate surface area is 133 Å². The van der Waals surface area contributed by atoms with Gasteiger partial charge in [0, 0.05) is 16.9 Å². The first-order chi connectivity index (χ1) is 10.8. The zero-order chi connectivity index (χ0) is 16.7. The predicted molar refractivity (Wildman–Crippen MR) is 79.5 cm³/mol. The Morgan fingerprint density at radius 3 is 2.57 bits per heavy atom. The highest BCUT2D eigenvalue weighted by Gasteiger charge is 2.63. The topological polar surface area (TPSA) is 46.5 Å². The minimum atomic E-state index is -4.88. The number of halogens is 3. The number of thiophene rings is 1. The van der Waals surface area contributed by atoms with E-state index in [4.69, 9.17) is 4.74 Å². The molecule has 0 amide bonds. The second kappa shape index (κ2) is 5.42. The summed E-state index contributed by atoms with van der Waals surface area (Å²) in [6, 6.07) is 9.22. The van der Waals surface area contributed by atoms with Crippen LogP contribution in [0.4, 0.5) is 13.2 Å². The molecule has 0 saturated carbocycles. The second-order valence-corrected chi connectivity index (χ2v) is 6.12. The summed E-state index contributed by atoms with van der Waals surface area (Å²) in [7, 11) is 0. The minimum Gasteiger partial charge on any atom is -0.478 e. The fraction of sp³-hybridized carbons (Fsp3) is 0.188. The Bertz CT molecular complexity index is 765. The van der Waals surface area contributed by atoms with Gasteiger partial charge in [0.1, 0.15) is 5.75 Å². The molecule has 3 nitrogen and oxygen atoms in total. The van der Waals surface area contributed by atoms with Crippen LogP contribution in [-0.4, -0.2) is 22.9 Å². The molecule has 0 spiro atoms. The predicted octanol–water partition coefficient (Wildman–Crippen LogP) is 4.15. The molecule has 3 rings (SSSR count). The Balaban J connectivity index is 2.20. The molecular weight excluding hydrogens is 329 g/mol. The SMILES string of the molecule is O=C(O)C1=Cc2ccccc2OC1(Cc1cccs1)C(F)(F)F. The maximum atomic E-state index is 13.9. The van der Waals surface area contributed by atoms with Gasteiger partial charge in [-0.15, -0.1) is 11.3 Å². The molecule has 1 aliphatic heterocycles. The molecule has 1 aliphatic rings. The number of para-hydroxylation sites is 1. The van der Waals surface area contributed by atoms with Crippen molar-refractivity contribution in [1.29, 1.82) is 0 Å². The van der Waals surface area contributed by atoms with Gasteiger partial charge in [-0.25, -0.2) is 4.79 Å². The standard InChI is InChI=1S/C16H11F3O3S/c17-16(18,19)15(9-11-5-3-7-23-11)12(14(20)21)8-10-4-1-2-6-13(10)22-15/h1-8H,9H2,(H,20,21). The van der Waals surface area contributed by atoms with E-state index in [2.05, 4.69) is 0 Å². The largest absolute Gasteiger partial charge is 0.478 e. The number of aliphatic carboxylic acids is 1. The molecule has 1 atom stereocenters. The maximum Gasteiger partial charge on any atom is 0.433 e. The van der Waals surface area contributed by atoms with Gasteiger partial charge in [-0.05, 0) is 23.6 Å². The summed E-state index contributed by atoms with van der Waals surface area (Å²) in [6.45, 7) is 0. The molecule has 120 valence electrons. The lowest BCUT2D eigenvalue weighted by Gasteiger charge is -2.39. The maximum absolute atomic E-state index is 13.9. The van der Waals surface area contributed by atoms with Crippen molar-refractivity contribution in [3.05, 3.63) is 57.8 Å². The number of rotatable bonds is 3. The Morgan fingerprint density at radius 2 is 1.96 bits per heavy atom. The van der Waals surface area contributed by atoms with Crippen LogP contribution in [-0.2, 0) is 11.2 Å². The number of fused-ring (bicyclic) bond motifs is 1. The van der Waals surface area contributed by atoms with E-state index in [1.807, 2.05) is 0 Å². The number of hydrogen-bond acceptors (Lipinski definition) is 3. The highest BCUT2D eigenvalue weighted by molar-refractivity contribution is 7.09. The number of benzene rings is 1. The van der Waals surface area contributed by atoms with Crippen molar-refractivity contribution in [2.45, 2.75) is 18.2 Å². The van der Waals surface area contributed by atoms with E-state index in [1.54, 1.807) is 23.6 Å². The summed E-state index contributed by atoms with van der Waals surface area (Å²) in [5, 5.41) is 11.0. The lowest BCUT2D eigenvalue weighted by molar-refractivity contribution is -0.234. The van der Waals surface area contributed by atoms with Crippen LogP contribution < -0.4 is 4.74 Å². The van der Waals surface area contributed by atoms with Gasteiger partial charge in [-0.3, -0.25) is 0 Å². The van der Waals surface area contributed by atoms with E-state index in [-0.39, 0.29) is 5.75 Å². The van der Waals surface area contributed by atoms with Gasteiger partial charge in [0.2, 0.25) is 5.60 Å². The molecule has 0 bridgehead atoms. The lowest BCUT2D eigenvalue weighted by atomic mass is 9.84. The zero-order valence-corrected chi connectivity index (χ0v) is 12.4. The van der Waals surface area contributed by atoms with Crippen LogP contribution >= 0.6 is 11.3 Å². The summed E-state index contributed by atoms with van der Waals surface area (Å²) >= 11 is 1.13. The minimum absolute atomic E-state index is 0.0198. The van der Waals surface area contributed by atoms with Crippen LogP contribution in [0.2, 0.25) is 0 Å². The number of carbonyl (C=O) groups is 1. The lowest BCUT2D eigenvalue weighted by Crippen LogP contribution is -2.56. The Morgan fingerprint density at radius 1 is 1.22 bits per heavy atom. The molecular formula is C16H11F3O3S. The summed E-state index contributed by atoms with van der Waals surface area (Å²) in [5.74, 6) is -1.63. The molecule has 1 unspecified atom stereocenters. The van der Waals surface area contributed by atoms with Gasteiger partial charge in [-0.2, -0.15) is 13.2 Å². The molecule has 0 radical (unpaired) electrons. The molecule has 1 aromatic heterocycles. The first kappa shape index (κ1) is 15.6. The third-order valence-corrected chi connectivity index (χ3v) is 4.51. The van der Waals surface area contributed by atoms with Crippen LogP contribution in [0.1, 0.15) is 10.4 Å². The smallest absolute Gasteiger partial charge is 0.433 e. The fourth-order valence-corrected chi connectivity index (χ4v) is 3.32. The van der Waals surface area contributed by atoms with Crippen molar-refractivity contribution in [3.63, 3.8) is 0 Å². The molecule has 0 aliphatic carbocycles. The van der Waals surface area contributed by atoms with Crippen molar-refractivity contribution in [2.24, 2.45) is 0 Å². The van der Waals surface area contributed by atoms with Gasteiger partial charge in [-0.1, -0.05) is 24.3 Å². The number of ether oxygens (including phenoxy) is 1. The second-order valence-electron chi connectivity index (χ2n) is 5.08. The summed E-state index contributed by atoms with van der Waals surface area (Å²) in [5.41, 5.74) is -3.40. The van der Waals surface area contributed by atoms with Crippen molar-refractivity contribution in [2.75, 3.05) is 0 Å². The molecule has 2 heterocycles. The highest BCUT2D eigenvalue weighted by atomic mass is 32.1. The van der Waals surface area contributed by atoms with Gasteiger partial charge in [0.05, 0.1) is 5.57 Å². The van der Waals surface area contributed by atoms with Crippen LogP contribution in [0.3, 0.4) is 0 Å². The molecule has 7 heteroatoms. The number of carboxylic acids is 1. The average molecular weight is 340 g/mol. The third kappa shape index (κ3) is 2.61. The summed E-state index contributed by atoms with van der Waals surface area (Å²) < 4.78 is 46.9. The van der Waals surface area contributed by atoms with Gasteiger partial charge in [0.15, 0.2) is 0 Å². The van der Waals surface area contributed by atoms with E-state index in [1.165, 1.54) is 18.2 Å². The quantitative estimate of drug-likeness (QED) is 0.913. The summed E-state index contributed by atoms with van der Waals surface area (Å²) in [6.07, 6.45) is -4.42. The average Bonchev–Trinajstić information content (AvgIpc) is 2.98. The van der Waals surface area contributed by atoms with Crippen molar-refractivity contribution < 1.29 is 27.8 Å². The van der Waals surface area contributed by atoms with Gasteiger partial charge < -0.3 is 9.84 Å². The van der Waals surface area contributed by atoms with E-state index < -0.39 is 29.7 Å². The van der Waals surface area contributed by atoms with E-state index in [0.717, 1.165) is 17.4 Å². The van der Waals surface area contributed by atoms with Crippen LogP contribution in [0.5, 0.6) is 5.75 Å². The molecule has 2 aromatic rings. The van der Waals surface area contributed by atoms with Crippen molar-refractivity contribution >= 4 is 23.4 Å². The van der Waals surface area contributed by atoms with E-state index in [0.29, 0.717) is 10.4 Å². The molecule has 0 fully saturated rings. The third-order valence-electron chi connectivity index (χ3n) is 3.63.